The van der Waals surface area contributed by atoms with Gasteiger partial charge in [-0.05, 0) is 13.8 Å². The lowest BCUT2D eigenvalue weighted by Crippen LogP contribution is -2.49. The Bertz CT molecular complexity index is 795. The standard InChI is InChI=1S/C18H24N6O2/c1-13(2)24-11-14(10-20-24)17(25)22-4-6-23(7-5-22)18-19-9-15-12-26-8-3-16(15)21-18/h9-11,13H,3-8,12H2,1-2H3. The van der Waals surface area contributed by atoms with Crippen LogP contribution in [0.2, 0.25) is 0 Å². The number of hydrogen-bond acceptors (Lipinski definition) is 6. The number of amides is 1. The van der Waals surface area contributed by atoms with Gasteiger partial charge in [0.25, 0.3) is 5.91 Å². The maximum Gasteiger partial charge on any atom is 0.257 e. The van der Waals surface area contributed by atoms with Crippen LogP contribution in [-0.2, 0) is 17.8 Å². The topological polar surface area (TPSA) is 76.4 Å². The van der Waals surface area contributed by atoms with Crippen LogP contribution in [0.25, 0.3) is 0 Å². The van der Waals surface area contributed by atoms with Gasteiger partial charge >= 0.3 is 0 Å². The van der Waals surface area contributed by atoms with Crippen molar-refractivity contribution >= 4 is 11.9 Å². The average Bonchev–Trinajstić information content (AvgIpc) is 3.18. The maximum atomic E-state index is 12.7. The Morgan fingerprint density at radius 2 is 2.00 bits per heavy atom. The molecule has 1 saturated heterocycles. The largest absolute Gasteiger partial charge is 0.376 e. The van der Waals surface area contributed by atoms with Crippen LogP contribution in [0.1, 0.15) is 41.5 Å². The smallest absolute Gasteiger partial charge is 0.257 e. The molecule has 2 aliphatic rings. The molecule has 1 amide bonds. The number of nitrogens with zero attached hydrogens (tertiary/aromatic N) is 6. The van der Waals surface area contributed by atoms with Crippen molar-refractivity contribution in [2.45, 2.75) is 32.9 Å². The molecule has 0 saturated carbocycles. The van der Waals surface area contributed by atoms with E-state index < -0.39 is 0 Å². The highest BCUT2D eigenvalue weighted by Gasteiger charge is 2.25. The zero-order valence-electron chi connectivity index (χ0n) is 15.3. The molecule has 1 fully saturated rings. The van der Waals surface area contributed by atoms with Gasteiger partial charge in [-0.15, -0.1) is 0 Å². The minimum absolute atomic E-state index is 0.0417. The van der Waals surface area contributed by atoms with Gasteiger partial charge in [-0.1, -0.05) is 0 Å². The van der Waals surface area contributed by atoms with Gasteiger partial charge in [0.05, 0.1) is 30.7 Å². The molecule has 8 heteroatoms. The lowest BCUT2D eigenvalue weighted by Gasteiger charge is -2.35. The molecule has 0 N–H and O–H groups in total. The van der Waals surface area contributed by atoms with Gasteiger partial charge in [-0.3, -0.25) is 9.48 Å². The summed E-state index contributed by atoms with van der Waals surface area (Å²) in [5.41, 5.74) is 2.81. The van der Waals surface area contributed by atoms with Crippen LogP contribution in [0.3, 0.4) is 0 Å². The van der Waals surface area contributed by atoms with E-state index in [1.807, 2.05) is 35.8 Å². The van der Waals surface area contributed by atoms with Crippen LogP contribution >= 0.6 is 0 Å². The zero-order chi connectivity index (χ0) is 18.1. The summed E-state index contributed by atoms with van der Waals surface area (Å²) in [6.45, 7) is 8.20. The van der Waals surface area contributed by atoms with Crippen LogP contribution in [0.15, 0.2) is 18.6 Å². The van der Waals surface area contributed by atoms with Crippen molar-refractivity contribution in [3.05, 3.63) is 35.4 Å². The number of fused-ring (bicyclic) bond motifs is 1. The SMILES string of the molecule is CC(C)n1cc(C(=O)N2CCN(c3ncc4c(n3)CCOC4)CC2)cn1. The van der Waals surface area contributed by atoms with Gasteiger partial charge in [0.1, 0.15) is 0 Å². The predicted molar refractivity (Wildman–Crippen MR) is 96.1 cm³/mol. The highest BCUT2D eigenvalue weighted by atomic mass is 16.5. The van der Waals surface area contributed by atoms with Gasteiger partial charge in [-0.25, -0.2) is 9.97 Å². The Labute approximate surface area is 152 Å². The van der Waals surface area contributed by atoms with Gasteiger partial charge in [0.2, 0.25) is 5.95 Å². The number of aromatic nitrogens is 4. The molecule has 0 unspecified atom stereocenters. The fraction of sp³-hybridized carbons (Fsp3) is 0.556. The first-order valence-corrected chi connectivity index (χ1v) is 9.13. The summed E-state index contributed by atoms with van der Waals surface area (Å²) >= 11 is 0. The molecule has 2 aromatic rings. The van der Waals surface area contributed by atoms with Crippen LogP contribution in [0, 0.1) is 0 Å². The fourth-order valence-electron chi connectivity index (χ4n) is 3.29. The van der Waals surface area contributed by atoms with E-state index in [2.05, 4.69) is 15.0 Å². The summed E-state index contributed by atoms with van der Waals surface area (Å²) in [5.74, 6) is 0.797. The molecular weight excluding hydrogens is 332 g/mol. The first-order chi connectivity index (χ1) is 12.6. The number of hydrogen-bond donors (Lipinski definition) is 0. The molecule has 8 nitrogen and oxygen atoms in total. The summed E-state index contributed by atoms with van der Waals surface area (Å²) in [4.78, 5) is 25.9. The average molecular weight is 356 g/mol. The lowest BCUT2D eigenvalue weighted by molar-refractivity contribution is 0.0746. The van der Waals surface area contributed by atoms with Crippen LogP contribution in [-0.4, -0.2) is 63.3 Å². The quantitative estimate of drug-likeness (QED) is 0.825. The van der Waals surface area contributed by atoms with E-state index in [9.17, 15) is 4.79 Å². The Morgan fingerprint density at radius 1 is 1.19 bits per heavy atom. The van der Waals surface area contributed by atoms with Crippen molar-refractivity contribution in [2.75, 3.05) is 37.7 Å². The summed E-state index contributed by atoms with van der Waals surface area (Å²) in [7, 11) is 0. The minimum atomic E-state index is 0.0417. The second-order valence-electron chi connectivity index (χ2n) is 7.03. The molecule has 2 aromatic heterocycles. The number of carbonyl (C=O) groups excluding carboxylic acids is 1. The molecule has 0 radical (unpaired) electrons. The van der Waals surface area contributed by atoms with Crippen LogP contribution < -0.4 is 4.90 Å². The van der Waals surface area contributed by atoms with E-state index in [1.165, 1.54) is 0 Å². The van der Waals surface area contributed by atoms with E-state index in [4.69, 9.17) is 9.72 Å². The Morgan fingerprint density at radius 3 is 2.73 bits per heavy atom. The summed E-state index contributed by atoms with van der Waals surface area (Å²) in [6, 6.07) is 0.250. The van der Waals surface area contributed by atoms with Crippen molar-refractivity contribution < 1.29 is 9.53 Å². The predicted octanol–water partition coefficient (Wildman–Crippen LogP) is 1.29. The summed E-state index contributed by atoms with van der Waals surface area (Å²) in [5, 5.41) is 4.26. The molecule has 0 atom stereocenters. The van der Waals surface area contributed by atoms with Gasteiger partial charge in [-0.2, -0.15) is 5.10 Å². The number of anilines is 1. The van der Waals surface area contributed by atoms with E-state index in [-0.39, 0.29) is 11.9 Å². The number of carbonyl (C=O) groups is 1. The summed E-state index contributed by atoms with van der Waals surface area (Å²) in [6.07, 6.45) is 6.19. The Hall–Kier alpha value is -2.48. The van der Waals surface area contributed by atoms with Crippen molar-refractivity contribution in [3.63, 3.8) is 0 Å². The van der Waals surface area contributed by atoms with Crippen molar-refractivity contribution in [1.82, 2.24) is 24.6 Å². The fourth-order valence-corrected chi connectivity index (χ4v) is 3.29. The summed E-state index contributed by atoms with van der Waals surface area (Å²) < 4.78 is 7.25. The van der Waals surface area contributed by atoms with E-state index >= 15 is 0 Å². The molecule has 26 heavy (non-hydrogen) atoms. The first-order valence-electron chi connectivity index (χ1n) is 9.13. The zero-order valence-corrected chi connectivity index (χ0v) is 15.3. The van der Waals surface area contributed by atoms with E-state index in [0.29, 0.717) is 25.3 Å². The molecule has 0 bridgehead atoms. The number of rotatable bonds is 3. The van der Waals surface area contributed by atoms with Crippen molar-refractivity contribution in [2.24, 2.45) is 0 Å². The van der Waals surface area contributed by atoms with Crippen LogP contribution in [0.5, 0.6) is 0 Å². The third-order valence-corrected chi connectivity index (χ3v) is 4.91. The molecule has 4 rings (SSSR count). The lowest BCUT2D eigenvalue weighted by atomic mass is 10.1. The van der Waals surface area contributed by atoms with Crippen molar-refractivity contribution in [3.8, 4) is 0 Å². The highest BCUT2D eigenvalue weighted by molar-refractivity contribution is 5.93. The molecule has 4 heterocycles. The molecule has 138 valence electrons. The maximum absolute atomic E-state index is 12.7. The third-order valence-electron chi connectivity index (χ3n) is 4.91. The monoisotopic (exact) mass is 356 g/mol. The first kappa shape index (κ1) is 17.0. The second kappa shape index (κ2) is 7.03. The molecule has 0 aromatic carbocycles. The Balaban J connectivity index is 1.40. The molecule has 0 aliphatic carbocycles. The van der Waals surface area contributed by atoms with E-state index in [0.717, 1.165) is 43.3 Å². The van der Waals surface area contributed by atoms with Gasteiger partial charge < -0.3 is 14.5 Å². The van der Waals surface area contributed by atoms with Gasteiger partial charge in [0, 0.05) is 56.6 Å². The second-order valence-corrected chi connectivity index (χ2v) is 7.03. The normalized spacial score (nSPS) is 17.5. The van der Waals surface area contributed by atoms with Gasteiger partial charge in [0.15, 0.2) is 0 Å². The minimum Gasteiger partial charge on any atom is -0.376 e. The Kier molecular flexibility index (Phi) is 4.58. The molecule has 0 spiro atoms. The van der Waals surface area contributed by atoms with Crippen molar-refractivity contribution in [1.29, 1.82) is 0 Å². The van der Waals surface area contributed by atoms with E-state index in [1.54, 1.807) is 6.20 Å². The van der Waals surface area contributed by atoms with Crippen LogP contribution in [0.4, 0.5) is 5.95 Å². The molecule has 2 aliphatic heterocycles. The third kappa shape index (κ3) is 3.29. The highest BCUT2D eigenvalue weighted by Crippen LogP contribution is 2.19. The number of ether oxygens (including phenoxy) is 1. The number of piperazine rings is 1. The molecular formula is C18H24N6O2.